The molecule has 0 bridgehead atoms. The van der Waals surface area contributed by atoms with E-state index >= 15 is 0 Å². The zero-order chi connectivity index (χ0) is 18.8. The highest BCUT2D eigenvalue weighted by atomic mass is 32.1. The molecule has 1 N–H and O–H groups in total. The van der Waals surface area contributed by atoms with Gasteiger partial charge in [-0.1, -0.05) is 18.2 Å². The van der Waals surface area contributed by atoms with Gasteiger partial charge in [0, 0.05) is 10.4 Å². The maximum atomic E-state index is 13.6. The Morgan fingerprint density at radius 3 is 2.96 bits per heavy atom. The predicted octanol–water partition coefficient (Wildman–Crippen LogP) is 3.05. The predicted molar refractivity (Wildman–Crippen MR) is 103 cm³/mol. The van der Waals surface area contributed by atoms with Crippen LogP contribution < -0.4 is 5.56 Å². The monoisotopic (exact) mass is 388 g/mol. The molecule has 1 aromatic carbocycles. The fraction of sp³-hybridized carbons (Fsp3) is 0.400. The maximum Gasteiger partial charge on any atom is 0.262 e. The number of thiophene rings is 1. The summed E-state index contributed by atoms with van der Waals surface area (Å²) in [5.74, 6) is -0.333. The molecule has 0 radical (unpaired) electrons. The third-order valence-electron chi connectivity index (χ3n) is 4.87. The highest BCUT2D eigenvalue weighted by Gasteiger charge is 2.20. The Morgan fingerprint density at radius 2 is 2.11 bits per heavy atom. The Labute approximate surface area is 160 Å². The number of aliphatic hydroxyl groups excluding tert-OH is 1. The number of benzene rings is 1. The molecule has 2 aromatic heterocycles. The zero-order valence-electron chi connectivity index (χ0n) is 14.9. The van der Waals surface area contributed by atoms with E-state index in [0.717, 1.165) is 36.1 Å². The summed E-state index contributed by atoms with van der Waals surface area (Å²) in [4.78, 5) is 19.3. The van der Waals surface area contributed by atoms with Gasteiger partial charge in [-0.15, -0.1) is 11.3 Å². The van der Waals surface area contributed by atoms with E-state index in [2.05, 4.69) is 4.98 Å². The summed E-state index contributed by atoms with van der Waals surface area (Å²) in [6, 6.07) is 6.37. The molecule has 142 valence electrons. The van der Waals surface area contributed by atoms with Crippen molar-refractivity contribution in [2.45, 2.75) is 44.9 Å². The minimum absolute atomic E-state index is 0.0144. The van der Waals surface area contributed by atoms with E-state index in [4.69, 9.17) is 4.74 Å². The average molecular weight is 388 g/mol. The smallest absolute Gasteiger partial charge is 0.262 e. The molecule has 1 aliphatic rings. The number of hydrogen-bond acceptors (Lipinski definition) is 5. The molecule has 1 aliphatic carbocycles. The average Bonchev–Trinajstić information content (AvgIpc) is 3.05. The Kier molecular flexibility index (Phi) is 5.33. The topological polar surface area (TPSA) is 64.4 Å². The third kappa shape index (κ3) is 3.81. The SMILES string of the molecule is O=c1c2c3c(sc2ncn1C[C@H](O)COCc1ccccc1F)CCCC3. The molecule has 27 heavy (non-hydrogen) atoms. The number of halogens is 1. The Morgan fingerprint density at radius 1 is 1.30 bits per heavy atom. The van der Waals surface area contributed by atoms with Crippen molar-refractivity contribution >= 4 is 21.6 Å². The summed E-state index contributed by atoms with van der Waals surface area (Å²) in [5.41, 5.74) is 1.47. The first kappa shape index (κ1) is 18.3. The van der Waals surface area contributed by atoms with Crippen LogP contribution in [0.1, 0.15) is 28.8 Å². The van der Waals surface area contributed by atoms with Crippen molar-refractivity contribution in [1.82, 2.24) is 9.55 Å². The second-order valence-electron chi connectivity index (χ2n) is 6.85. The van der Waals surface area contributed by atoms with Crippen molar-refractivity contribution in [2.75, 3.05) is 6.61 Å². The summed E-state index contributed by atoms with van der Waals surface area (Å²) in [6.07, 6.45) is 4.81. The lowest BCUT2D eigenvalue weighted by Crippen LogP contribution is -2.29. The number of hydrogen-bond donors (Lipinski definition) is 1. The van der Waals surface area contributed by atoms with Gasteiger partial charge in [-0.05, 0) is 37.3 Å². The van der Waals surface area contributed by atoms with Crippen LogP contribution in [0, 0.1) is 5.82 Å². The number of ether oxygens (including phenoxy) is 1. The third-order valence-corrected chi connectivity index (χ3v) is 6.07. The molecule has 2 heterocycles. The van der Waals surface area contributed by atoms with Gasteiger partial charge < -0.3 is 9.84 Å². The Hall–Kier alpha value is -2.09. The van der Waals surface area contributed by atoms with Crippen LogP contribution in [0.5, 0.6) is 0 Å². The zero-order valence-corrected chi connectivity index (χ0v) is 15.7. The van der Waals surface area contributed by atoms with Crippen molar-refractivity contribution in [3.05, 3.63) is 62.8 Å². The van der Waals surface area contributed by atoms with Gasteiger partial charge in [-0.3, -0.25) is 9.36 Å². The van der Waals surface area contributed by atoms with E-state index in [0.29, 0.717) is 10.9 Å². The molecule has 0 saturated carbocycles. The molecule has 0 saturated heterocycles. The Balaban J connectivity index is 1.44. The van der Waals surface area contributed by atoms with Gasteiger partial charge in [0.25, 0.3) is 5.56 Å². The molecule has 5 nitrogen and oxygen atoms in total. The lowest BCUT2D eigenvalue weighted by atomic mass is 9.97. The fourth-order valence-corrected chi connectivity index (χ4v) is 4.73. The van der Waals surface area contributed by atoms with E-state index in [-0.39, 0.29) is 31.1 Å². The molecule has 0 spiro atoms. The molecule has 0 amide bonds. The number of aromatic nitrogens is 2. The highest BCUT2D eigenvalue weighted by Crippen LogP contribution is 2.33. The molecule has 4 rings (SSSR count). The largest absolute Gasteiger partial charge is 0.389 e. The van der Waals surface area contributed by atoms with Gasteiger partial charge in [-0.25, -0.2) is 9.37 Å². The van der Waals surface area contributed by atoms with Crippen molar-refractivity contribution in [2.24, 2.45) is 0 Å². The Bertz CT molecular complexity index is 1010. The molecular weight excluding hydrogens is 367 g/mol. The molecule has 1 atom stereocenters. The first-order valence-corrected chi connectivity index (χ1v) is 9.94. The van der Waals surface area contributed by atoms with Crippen molar-refractivity contribution in [3.8, 4) is 0 Å². The van der Waals surface area contributed by atoms with E-state index in [1.165, 1.54) is 21.8 Å². The van der Waals surface area contributed by atoms with Gasteiger partial charge >= 0.3 is 0 Å². The molecule has 0 aliphatic heterocycles. The molecule has 0 fully saturated rings. The maximum absolute atomic E-state index is 13.6. The summed E-state index contributed by atoms with van der Waals surface area (Å²) in [6.45, 7) is 0.193. The van der Waals surface area contributed by atoms with Crippen LogP contribution in [0.4, 0.5) is 4.39 Å². The minimum atomic E-state index is -0.872. The highest BCUT2D eigenvalue weighted by molar-refractivity contribution is 7.18. The fourth-order valence-electron chi connectivity index (χ4n) is 3.51. The second-order valence-corrected chi connectivity index (χ2v) is 7.94. The summed E-state index contributed by atoms with van der Waals surface area (Å²) < 4.78 is 20.4. The van der Waals surface area contributed by atoms with Crippen LogP contribution in [0.25, 0.3) is 10.2 Å². The van der Waals surface area contributed by atoms with Crippen molar-refractivity contribution < 1.29 is 14.2 Å². The standard InChI is InChI=1S/C20H21FN2O3S/c21-16-7-3-1-5-13(16)10-26-11-14(24)9-23-12-22-19-18(20(23)25)15-6-2-4-8-17(15)27-19/h1,3,5,7,12,14,24H,2,4,6,8-11H2/t14-/m0/s1. The van der Waals surface area contributed by atoms with Gasteiger partial charge in [0.1, 0.15) is 10.6 Å². The summed E-state index contributed by atoms with van der Waals surface area (Å²) in [5, 5.41) is 10.9. The normalized spacial score (nSPS) is 15.0. The van der Waals surface area contributed by atoms with E-state index in [1.54, 1.807) is 29.5 Å². The first-order valence-electron chi connectivity index (χ1n) is 9.12. The van der Waals surface area contributed by atoms with Gasteiger partial charge in [0.15, 0.2) is 0 Å². The number of aryl methyl sites for hydroxylation is 2. The van der Waals surface area contributed by atoms with Gasteiger partial charge in [0.05, 0.1) is 37.6 Å². The minimum Gasteiger partial charge on any atom is -0.389 e. The van der Waals surface area contributed by atoms with Crippen LogP contribution in [0.3, 0.4) is 0 Å². The molecule has 7 heteroatoms. The van der Waals surface area contributed by atoms with E-state index in [9.17, 15) is 14.3 Å². The van der Waals surface area contributed by atoms with Gasteiger partial charge in [0.2, 0.25) is 0 Å². The van der Waals surface area contributed by atoms with E-state index < -0.39 is 6.10 Å². The first-order chi connectivity index (χ1) is 13.1. The lowest BCUT2D eigenvalue weighted by molar-refractivity contribution is 0.0189. The number of fused-ring (bicyclic) bond motifs is 3. The van der Waals surface area contributed by atoms with Crippen LogP contribution in [0.15, 0.2) is 35.4 Å². The van der Waals surface area contributed by atoms with Crippen LogP contribution >= 0.6 is 11.3 Å². The van der Waals surface area contributed by atoms with Crippen molar-refractivity contribution in [3.63, 3.8) is 0 Å². The van der Waals surface area contributed by atoms with Crippen molar-refractivity contribution in [1.29, 1.82) is 0 Å². The second kappa shape index (κ2) is 7.88. The summed E-state index contributed by atoms with van der Waals surface area (Å²) in [7, 11) is 0. The lowest BCUT2D eigenvalue weighted by Gasteiger charge is -2.14. The quantitative estimate of drug-likeness (QED) is 0.705. The number of rotatable bonds is 6. The summed E-state index contributed by atoms with van der Waals surface area (Å²) >= 11 is 1.61. The number of aliphatic hydroxyl groups is 1. The van der Waals surface area contributed by atoms with Crippen LogP contribution in [-0.4, -0.2) is 27.4 Å². The van der Waals surface area contributed by atoms with E-state index in [1.807, 2.05) is 0 Å². The van der Waals surface area contributed by atoms with Crippen LogP contribution in [-0.2, 0) is 30.7 Å². The number of nitrogens with zero attached hydrogens (tertiary/aromatic N) is 2. The molecular formula is C20H21FN2O3S. The molecule has 3 aromatic rings. The van der Waals surface area contributed by atoms with Crippen LogP contribution in [0.2, 0.25) is 0 Å². The van der Waals surface area contributed by atoms with Gasteiger partial charge in [-0.2, -0.15) is 0 Å². The molecule has 0 unspecified atom stereocenters.